The third-order valence-corrected chi connectivity index (χ3v) is 8.62. The number of fused-ring (bicyclic) bond motifs is 3. The quantitative estimate of drug-likeness (QED) is 0.526. The molecule has 5 nitrogen and oxygen atoms in total. The second-order valence-corrected chi connectivity index (χ2v) is 10.7. The zero-order valence-corrected chi connectivity index (χ0v) is 20.8. The van der Waals surface area contributed by atoms with E-state index in [0.29, 0.717) is 18.2 Å². The van der Waals surface area contributed by atoms with Crippen molar-refractivity contribution in [2.75, 3.05) is 32.7 Å². The Morgan fingerprint density at radius 1 is 0.829 bits per heavy atom. The van der Waals surface area contributed by atoms with Crippen molar-refractivity contribution in [3.8, 4) is 11.1 Å². The SMILES string of the molecule is O=C(CC1CCCCC1)N1CCN(CCCCC2(C(=O)O)c3ccccc3-c3ccccc32)CC1. The Kier molecular flexibility index (Phi) is 7.24. The molecule has 1 saturated carbocycles. The van der Waals surface area contributed by atoms with Crippen LogP contribution >= 0.6 is 0 Å². The number of carbonyl (C=O) groups is 2. The van der Waals surface area contributed by atoms with E-state index in [0.717, 1.165) is 74.2 Å². The molecule has 2 aliphatic carbocycles. The monoisotopic (exact) mass is 474 g/mol. The number of aliphatic carboxylic acids is 1. The van der Waals surface area contributed by atoms with Gasteiger partial charge in [0.05, 0.1) is 0 Å². The van der Waals surface area contributed by atoms with Gasteiger partial charge in [0.2, 0.25) is 5.91 Å². The Hall–Kier alpha value is -2.66. The molecular formula is C30H38N2O3. The van der Waals surface area contributed by atoms with E-state index >= 15 is 0 Å². The molecule has 0 spiro atoms. The number of unbranched alkanes of at least 4 members (excludes halogenated alkanes) is 1. The Morgan fingerprint density at radius 2 is 1.43 bits per heavy atom. The highest BCUT2D eigenvalue weighted by atomic mass is 16.4. The van der Waals surface area contributed by atoms with Crippen LogP contribution in [0.15, 0.2) is 48.5 Å². The first-order valence-corrected chi connectivity index (χ1v) is 13.5. The molecule has 0 aromatic heterocycles. The second-order valence-electron chi connectivity index (χ2n) is 10.7. The summed E-state index contributed by atoms with van der Waals surface area (Å²) in [4.78, 5) is 30.0. The van der Waals surface area contributed by atoms with Crippen LogP contribution in [0.3, 0.4) is 0 Å². The number of piperazine rings is 1. The van der Waals surface area contributed by atoms with E-state index in [4.69, 9.17) is 0 Å². The first kappa shape index (κ1) is 24.1. The average Bonchev–Trinajstić information content (AvgIpc) is 3.18. The molecule has 0 bridgehead atoms. The molecule has 1 N–H and O–H groups in total. The van der Waals surface area contributed by atoms with Gasteiger partial charge in [-0.3, -0.25) is 14.5 Å². The summed E-state index contributed by atoms with van der Waals surface area (Å²) >= 11 is 0. The first-order valence-electron chi connectivity index (χ1n) is 13.5. The maximum Gasteiger partial charge on any atom is 0.318 e. The molecule has 35 heavy (non-hydrogen) atoms. The lowest BCUT2D eigenvalue weighted by Crippen LogP contribution is -2.49. The van der Waals surface area contributed by atoms with Crippen molar-refractivity contribution in [1.29, 1.82) is 0 Å². The Morgan fingerprint density at radius 3 is 2.03 bits per heavy atom. The van der Waals surface area contributed by atoms with Gasteiger partial charge in [0.15, 0.2) is 0 Å². The summed E-state index contributed by atoms with van der Waals surface area (Å²) in [6.07, 6.45) is 9.51. The molecule has 0 atom stereocenters. The molecule has 5 heteroatoms. The summed E-state index contributed by atoms with van der Waals surface area (Å²) in [5.41, 5.74) is 3.01. The molecule has 2 aromatic rings. The van der Waals surface area contributed by atoms with Gasteiger partial charge in [0, 0.05) is 32.6 Å². The van der Waals surface area contributed by atoms with Gasteiger partial charge in [0.25, 0.3) is 0 Å². The van der Waals surface area contributed by atoms with Crippen molar-refractivity contribution >= 4 is 11.9 Å². The summed E-state index contributed by atoms with van der Waals surface area (Å²) < 4.78 is 0. The van der Waals surface area contributed by atoms with Crippen LogP contribution in [-0.4, -0.2) is 59.5 Å². The lowest BCUT2D eigenvalue weighted by atomic mass is 9.74. The smallest absolute Gasteiger partial charge is 0.318 e. The maximum absolute atomic E-state index is 12.7. The third-order valence-electron chi connectivity index (χ3n) is 8.62. The zero-order valence-electron chi connectivity index (χ0n) is 20.8. The van der Waals surface area contributed by atoms with Crippen molar-refractivity contribution in [3.63, 3.8) is 0 Å². The van der Waals surface area contributed by atoms with Crippen molar-refractivity contribution in [2.45, 2.75) is 63.2 Å². The van der Waals surface area contributed by atoms with Crippen LogP contribution in [-0.2, 0) is 15.0 Å². The molecule has 2 fully saturated rings. The van der Waals surface area contributed by atoms with Crippen LogP contribution in [0, 0.1) is 5.92 Å². The van der Waals surface area contributed by atoms with Gasteiger partial charge in [-0.15, -0.1) is 0 Å². The van der Waals surface area contributed by atoms with Crippen LogP contribution < -0.4 is 0 Å². The van der Waals surface area contributed by atoms with E-state index in [-0.39, 0.29) is 0 Å². The van der Waals surface area contributed by atoms with E-state index in [1.807, 2.05) is 48.5 Å². The van der Waals surface area contributed by atoms with Gasteiger partial charge in [-0.25, -0.2) is 0 Å². The first-order chi connectivity index (χ1) is 17.1. The van der Waals surface area contributed by atoms with E-state index in [2.05, 4.69) is 9.80 Å². The minimum Gasteiger partial charge on any atom is -0.480 e. The number of carbonyl (C=O) groups excluding carboxylic acids is 1. The highest BCUT2D eigenvalue weighted by molar-refractivity contribution is 5.97. The highest BCUT2D eigenvalue weighted by Crippen LogP contribution is 2.51. The summed E-state index contributed by atoms with van der Waals surface area (Å²) in [7, 11) is 0. The van der Waals surface area contributed by atoms with Crippen LogP contribution in [0.4, 0.5) is 0 Å². The number of carboxylic acid groups (broad SMARTS) is 1. The number of hydrogen-bond donors (Lipinski definition) is 1. The van der Waals surface area contributed by atoms with Gasteiger partial charge in [-0.05, 0) is 60.4 Å². The summed E-state index contributed by atoms with van der Waals surface area (Å²) in [5.74, 6) is 0.195. The number of nitrogens with zero attached hydrogens (tertiary/aromatic N) is 2. The van der Waals surface area contributed by atoms with Gasteiger partial charge in [-0.1, -0.05) is 74.2 Å². The van der Waals surface area contributed by atoms with Gasteiger partial charge in [0.1, 0.15) is 5.41 Å². The second kappa shape index (κ2) is 10.5. The molecule has 186 valence electrons. The standard InChI is InChI=1S/C30H38N2O3/c33-28(22-23-10-2-1-3-11-23)32-20-18-31(19-21-32)17-9-8-16-30(29(34)35)26-14-6-4-12-24(26)25-13-5-7-15-27(25)30/h4-7,12-15,23H,1-3,8-11,16-22H2,(H,34,35). The normalized spacial score (nSPS) is 19.8. The molecule has 0 unspecified atom stereocenters. The lowest BCUT2D eigenvalue weighted by molar-refractivity contribution is -0.142. The number of hydrogen-bond acceptors (Lipinski definition) is 3. The molecule has 5 rings (SSSR count). The van der Waals surface area contributed by atoms with E-state index in [9.17, 15) is 14.7 Å². The fourth-order valence-electron chi connectivity index (χ4n) is 6.65. The molecule has 3 aliphatic rings. The van der Waals surface area contributed by atoms with Crippen molar-refractivity contribution in [3.05, 3.63) is 59.7 Å². The molecular weight excluding hydrogens is 436 g/mol. The molecule has 0 radical (unpaired) electrons. The van der Waals surface area contributed by atoms with E-state index in [1.165, 1.54) is 32.1 Å². The molecule has 2 aromatic carbocycles. The van der Waals surface area contributed by atoms with Crippen molar-refractivity contribution in [2.24, 2.45) is 5.92 Å². The van der Waals surface area contributed by atoms with Crippen molar-refractivity contribution < 1.29 is 14.7 Å². The van der Waals surface area contributed by atoms with E-state index < -0.39 is 11.4 Å². The van der Waals surface area contributed by atoms with E-state index in [1.54, 1.807) is 0 Å². The highest BCUT2D eigenvalue weighted by Gasteiger charge is 2.48. The summed E-state index contributed by atoms with van der Waals surface area (Å²) in [5, 5.41) is 10.5. The largest absolute Gasteiger partial charge is 0.480 e. The average molecular weight is 475 g/mol. The van der Waals surface area contributed by atoms with Crippen molar-refractivity contribution in [1.82, 2.24) is 9.80 Å². The van der Waals surface area contributed by atoms with Crippen LogP contribution in [0.5, 0.6) is 0 Å². The summed E-state index contributed by atoms with van der Waals surface area (Å²) in [6.45, 7) is 4.46. The predicted molar refractivity (Wildman–Crippen MR) is 138 cm³/mol. The molecule has 1 amide bonds. The van der Waals surface area contributed by atoms with Gasteiger partial charge in [-0.2, -0.15) is 0 Å². The van der Waals surface area contributed by atoms with Gasteiger partial charge >= 0.3 is 5.97 Å². The fraction of sp³-hybridized carbons (Fsp3) is 0.533. The minimum absolute atomic E-state index is 0.346. The third kappa shape index (κ3) is 4.75. The number of amides is 1. The Labute approximate surface area is 209 Å². The van der Waals surface area contributed by atoms with Crippen LogP contribution in [0.25, 0.3) is 11.1 Å². The minimum atomic E-state index is -0.961. The molecule has 1 heterocycles. The topological polar surface area (TPSA) is 60.9 Å². The maximum atomic E-state index is 12.7. The number of rotatable bonds is 8. The van der Waals surface area contributed by atoms with Gasteiger partial charge < -0.3 is 10.0 Å². The van der Waals surface area contributed by atoms with Crippen LogP contribution in [0.2, 0.25) is 0 Å². The fourth-order valence-corrected chi connectivity index (χ4v) is 6.65. The lowest BCUT2D eigenvalue weighted by Gasteiger charge is -2.36. The predicted octanol–water partition coefficient (Wildman–Crippen LogP) is 5.32. The van der Waals surface area contributed by atoms with Crippen LogP contribution in [0.1, 0.15) is 68.9 Å². The zero-order chi connectivity index (χ0) is 24.3. The molecule has 1 aliphatic heterocycles. The Balaban J connectivity index is 1.14. The number of benzene rings is 2. The summed E-state index contributed by atoms with van der Waals surface area (Å²) in [6, 6.07) is 16.0. The molecule has 1 saturated heterocycles. The Bertz CT molecular complexity index is 1010. The number of carboxylic acids is 1.